The van der Waals surface area contributed by atoms with Gasteiger partial charge in [0.15, 0.2) is 23.8 Å². The van der Waals surface area contributed by atoms with E-state index >= 15 is 0 Å². The van der Waals surface area contributed by atoms with E-state index in [1.54, 1.807) is 37.3 Å². The molecule has 0 aliphatic heterocycles. The maximum absolute atomic E-state index is 13.6. The van der Waals surface area contributed by atoms with Gasteiger partial charge in [0.1, 0.15) is 11.3 Å². The Morgan fingerprint density at radius 2 is 2.03 bits per heavy atom. The molecule has 0 spiro atoms. The summed E-state index contributed by atoms with van der Waals surface area (Å²) < 4.78 is 24.5. The topological polar surface area (TPSA) is 84.6 Å². The largest absolute Gasteiger partial charge is 0.507 e. The summed E-state index contributed by atoms with van der Waals surface area (Å²) in [5, 5.41) is 13.6. The summed E-state index contributed by atoms with van der Waals surface area (Å²) in [4.78, 5) is 16.6. The lowest BCUT2D eigenvalue weighted by atomic mass is 10.1. The number of anilines is 1. The molecule has 0 saturated heterocycles. The number of aryl methyl sites for hydroxylation is 1. The maximum atomic E-state index is 13.6. The molecule has 0 unspecified atom stereocenters. The van der Waals surface area contributed by atoms with Crippen molar-refractivity contribution in [3.63, 3.8) is 0 Å². The molecule has 0 aliphatic rings. The van der Waals surface area contributed by atoms with E-state index in [1.165, 1.54) is 24.3 Å². The number of hydrogen-bond donors (Lipinski definition) is 2. The van der Waals surface area contributed by atoms with Gasteiger partial charge in [0.25, 0.3) is 5.91 Å². The Morgan fingerprint density at radius 1 is 1.23 bits per heavy atom. The number of oxazole rings is 1. The van der Waals surface area contributed by atoms with Crippen LogP contribution in [0.25, 0.3) is 22.6 Å². The Balaban J connectivity index is 1.56. The number of rotatable bonds is 5. The lowest BCUT2D eigenvalue weighted by Crippen LogP contribution is -2.20. The SMILES string of the molecule is Cc1cc(NC(=O)COc2ccccc2F)cc(-c2nc3cc(Cl)ccc3o2)c1O. The monoisotopic (exact) mass is 426 g/mol. The zero-order chi connectivity index (χ0) is 21.3. The van der Waals surface area contributed by atoms with Crippen LogP contribution in [-0.2, 0) is 4.79 Å². The predicted molar refractivity (Wildman–Crippen MR) is 111 cm³/mol. The summed E-state index contributed by atoms with van der Waals surface area (Å²) >= 11 is 5.98. The third kappa shape index (κ3) is 4.06. The van der Waals surface area contributed by atoms with Gasteiger partial charge in [-0.25, -0.2) is 9.37 Å². The van der Waals surface area contributed by atoms with Crippen molar-refractivity contribution in [3.05, 3.63) is 71.0 Å². The fourth-order valence-corrected chi connectivity index (χ4v) is 3.10. The molecule has 0 atom stereocenters. The number of benzene rings is 3. The van der Waals surface area contributed by atoms with Crippen molar-refractivity contribution in [2.45, 2.75) is 6.92 Å². The average Bonchev–Trinajstić information content (AvgIpc) is 3.13. The molecular formula is C22H16ClFN2O4. The summed E-state index contributed by atoms with van der Waals surface area (Å²) in [6.45, 7) is 1.31. The average molecular weight is 427 g/mol. The smallest absolute Gasteiger partial charge is 0.262 e. The normalized spacial score (nSPS) is 10.9. The summed E-state index contributed by atoms with van der Waals surface area (Å²) in [6.07, 6.45) is 0. The van der Waals surface area contributed by atoms with Gasteiger partial charge in [-0.05, 0) is 55.0 Å². The zero-order valence-electron chi connectivity index (χ0n) is 15.8. The molecule has 0 radical (unpaired) electrons. The second kappa shape index (κ2) is 8.04. The number of ether oxygens (including phenoxy) is 1. The van der Waals surface area contributed by atoms with Crippen LogP contribution in [0.1, 0.15) is 5.56 Å². The van der Waals surface area contributed by atoms with E-state index in [-0.39, 0.29) is 24.0 Å². The van der Waals surface area contributed by atoms with Gasteiger partial charge in [-0.15, -0.1) is 0 Å². The van der Waals surface area contributed by atoms with Crippen LogP contribution < -0.4 is 10.1 Å². The number of carbonyl (C=O) groups excluding carboxylic acids is 1. The first kappa shape index (κ1) is 19.7. The van der Waals surface area contributed by atoms with Gasteiger partial charge in [0.2, 0.25) is 5.89 Å². The number of aromatic nitrogens is 1. The Kier molecular flexibility index (Phi) is 5.29. The fraction of sp³-hybridized carbons (Fsp3) is 0.0909. The zero-order valence-corrected chi connectivity index (χ0v) is 16.5. The lowest BCUT2D eigenvalue weighted by molar-refractivity contribution is -0.118. The summed E-state index contributed by atoms with van der Waals surface area (Å²) in [5.74, 6) is -0.886. The highest BCUT2D eigenvalue weighted by molar-refractivity contribution is 6.31. The standard InChI is InChI=1S/C22H16ClFN2O4/c1-12-8-14(25-20(27)11-29-18-5-3-2-4-16(18)24)10-15(21(12)28)22-26-17-9-13(23)6-7-19(17)30-22/h2-10,28H,11H2,1H3,(H,25,27). The van der Waals surface area contributed by atoms with Crippen LogP contribution in [0.5, 0.6) is 11.5 Å². The molecule has 0 fully saturated rings. The molecule has 2 N–H and O–H groups in total. The van der Waals surface area contributed by atoms with Gasteiger partial charge in [-0.1, -0.05) is 23.7 Å². The molecule has 8 heteroatoms. The summed E-state index contributed by atoms with van der Waals surface area (Å²) in [5.41, 5.74) is 2.29. The minimum atomic E-state index is -0.552. The van der Waals surface area contributed by atoms with E-state index in [4.69, 9.17) is 20.8 Å². The van der Waals surface area contributed by atoms with E-state index in [2.05, 4.69) is 10.3 Å². The van der Waals surface area contributed by atoms with Crippen LogP contribution in [0.3, 0.4) is 0 Å². The number of fused-ring (bicyclic) bond motifs is 1. The number of aromatic hydroxyl groups is 1. The Labute approximate surface area is 175 Å². The van der Waals surface area contributed by atoms with Crippen LogP contribution in [0.4, 0.5) is 10.1 Å². The number of halogens is 2. The van der Waals surface area contributed by atoms with E-state index < -0.39 is 11.7 Å². The first-order valence-electron chi connectivity index (χ1n) is 8.98. The first-order valence-corrected chi connectivity index (χ1v) is 9.36. The molecule has 1 aromatic heterocycles. The number of nitrogens with one attached hydrogen (secondary N) is 1. The summed E-state index contributed by atoms with van der Waals surface area (Å²) in [7, 11) is 0. The highest BCUT2D eigenvalue weighted by atomic mass is 35.5. The molecule has 0 bridgehead atoms. The van der Waals surface area contributed by atoms with Crippen molar-refractivity contribution >= 4 is 34.3 Å². The van der Waals surface area contributed by atoms with E-state index in [9.17, 15) is 14.3 Å². The molecule has 0 aliphatic carbocycles. The van der Waals surface area contributed by atoms with Gasteiger partial charge < -0.3 is 19.6 Å². The Bertz CT molecular complexity index is 1260. The molecule has 0 saturated carbocycles. The number of phenols is 1. The Morgan fingerprint density at radius 3 is 2.83 bits per heavy atom. The fourth-order valence-electron chi connectivity index (χ4n) is 2.93. The number of hydrogen-bond acceptors (Lipinski definition) is 5. The van der Waals surface area contributed by atoms with Crippen LogP contribution in [0, 0.1) is 12.7 Å². The van der Waals surface area contributed by atoms with Gasteiger partial charge in [0.05, 0.1) is 5.56 Å². The molecule has 4 aromatic rings. The molecular weight excluding hydrogens is 411 g/mol. The number of carbonyl (C=O) groups is 1. The van der Waals surface area contributed by atoms with Gasteiger partial charge in [-0.2, -0.15) is 0 Å². The number of para-hydroxylation sites is 1. The molecule has 1 amide bonds. The molecule has 30 heavy (non-hydrogen) atoms. The van der Waals surface area contributed by atoms with Gasteiger partial charge >= 0.3 is 0 Å². The van der Waals surface area contributed by atoms with Crippen molar-refractivity contribution in [2.24, 2.45) is 0 Å². The van der Waals surface area contributed by atoms with E-state index in [0.29, 0.717) is 32.9 Å². The van der Waals surface area contributed by atoms with Gasteiger partial charge in [-0.3, -0.25) is 4.79 Å². The molecule has 6 nitrogen and oxygen atoms in total. The molecule has 152 valence electrons. The van der Waals surface area contributed by atoms with Crippen molar-refractivity contribution < 1.29 is 23.4 Å². The predicted octanol–water partition coefficient (Wildman–Crippen LogP) is 5.32. The quantitative estimate of drug-likeness (QED) is 0.422. The van der Waals surface area contributed by atoms with E-state index in [1.807, 2.05) is 0 Å². The molecule has 3 aromatic carbocycles. The highest BCUT2D eigenvalue weighted by Crippen LogP contribution is 2.36. The number of nitrogens with zero attached hydrogens (tertiary/aromatic N) is 1. The van der Waals surface area contributed by atoms with Crippen LogP contribution >= 0.6 is 11.6 Å². The first-order chi connectivity index (χ1) is 14.4. The summed E-state index contributed by atoms with van der Waals surface area (Å²) in [6, 6.07) is 14.0. The third-order valence-electron chi connectivity index (χ3n) is 4.36. The second-order valence-corrected chi connectivity index (χ2v) is 7.02. The van der Waals surface area contributed by atoms with Crippen molar-refractivity contribution in [1.29, 1.82) is 0 Å². The van der Waals surface area contributed by atoms with Crippen LogP contribution in [0.2, 0.25) is 5.02 Å². The molecule has 4 rings (SSSR count). The minimum absolute atomic E-state index is 0.0136. The number of phenolic OH excluding ortho intramolecular Hbond substituents is 1. The molecule has 1 heterocycles. The highest BCUT2D eigenvalue weighted by Gasteiger charge is 2.17. The van der Waals surface area contributed by atoms with Crippen molar-refractivity contribution in [2.75, 3.05) is 11.9 Å². The van der Waals surface area contributed by atoms with Gasteiger partial charge in [0, 0.05) is 10.7 Å². The maximum Gasteiger partial charge on any atom is 0.262 e. The number of amides is 1. The van der Waals surface area contributed by atoms with Crippen molar-refractivity contribution in [1.82, 2.24) is 4.98 Å². The second-order valence-electron chi connectivity index (χ2n) is 6.59. The van der Waals surface area contributed by atoms with E-state index in [0.717, 1.165) is 0 Å². The van der Waals surface area contributed by atoms with Crippen LogP contribution in [-0.4, -0.2) is 22.6 Å². The minimum Gasteiger partial charge on any atom is -0.507 e. The third-order valence-corrected chi connectivity index (χ3v) is 4.59. The van der Waals surface area contributed by atoms with Crippen LogP contribution in [0.15, 0.2) is 59.0 Å². The Hall–Kier alpha value is -3.58. The van der Waals surface area contributed by atoms with Crippen molar-refractivity contribution in [3.8, 4) is 23.0 Å². The lowest BCUT2D eigenvalue weighted by Gasteiger charge is -2.11.